The lowest BCUT2D eigenvalue weighted by Gasteiger charge is -2.17. The minimum absolute atomic E-state index is 0.0984. The molecule has 0 bridgehead atoms. The number of H-pyrrole nitrogens is 2. The molecule has 3 rings (SSSR count). The number of nitrogens with zero attached hydrogens (tertiary/aromatic N) is 2. The van der Waals surface area contributed by atoms with Gasteiger partial charge < -0.3 is 9.97 Å². The second-order valence-electron chi connectivity index (χ2n) is 6.83. The number of nitrogens with one attached hydrogen (secondary N) is 2. The molecule has 0 aliphatic carbocycles. The molecule has 0 radical (unpaired) electrons. The molecule has 1 aliphatic heterocycles. The summed E-state index contributed by atoms with van der Waals surface area (Å²) in [6.45, 7) is 10.1. The Morgan fingerprint density at radius 1 is 1.38 bits per heavy atom. The molecule has 5 nitrogen and oxygen atoms in total. The summed E-state index contributed by atoms with van der Waals surface area (Å²) in [4.78, 5) is 24.2. The highest BCUT2D eigenvalue weighted by Gasteiger charge is 2.30. The molecule has 1 aliphatic rings. The fourth-order valence-corrected chi connectivity index (χ4v) is 3.55. The van der Waals surface area contributed by atoms with Crippen LogP contribution in [0.3, 0.4) is 0 Å². The van der Waals surface area contributed by atoms with Gasteiger partial charge in [0.25, 0.3) is 5.56 Å². The normalized spacial score (nSPS) is 23.4. The number of fused-ring (bicyclic) bond motifs is 1. The molecule has 5 heteroatoms. The van der Waals surface area contributed by atoms with E-state index in [0.29, 0.717) is 5.52 Å². The molecule has 0 unspecified atom stereocenters. The number of aromatic nitrogens is 3. The molecule has 114 valence electrons. The van der Waals surface area contributed by atoms with Crippen molar-refractivity contribution in [1.29, 1.82) is 0 Å². The van der Waals surface area contributed by atoms with E-state index in [-0.39, 0.29) is 5.56 Å². The van der Waals surface area contributed by atoms with Gasteiger partial charge in [-0.3, -0.25) is 9.69 Å². The Morgan fingerprint density at radius 2 is 2.19 bits per heavy atom. The first-order valence-corrected chi connectivity index (χ1v) is 7.80. The molecule has 1 fully saturated rings. The Balaban J connectivity index is 1.75. The molecule has 0 amide bonds. The number of hydrogen-bond acceptors (Lipinski definition) is 3. The third-order valence-corrected chi connectivity index (χ3v) is 4.56. The first-order valence-electron chi connectivity index (χ1n) is 7.80. The number of rotatable bonds is 4. The molecule has 2 aromatic rings. The van der Waals surface area contributed by atoms with Gasteiger partial charge in [-0.15, -0.1) is 0 Å². The third kappa shape index (κ3) is 2.88. The predicted molar refractivity (Wildman–Crippen MR) is 84.1 cm³/mol. The average Bonchev–Trinajstić information content (AvgIpc) is 2.96. The molecule has 2 aromatic heterocycles. The highest BCUT2D eigenvalue weighted by Crippen LogP contribution is 2.30. The van der Waals surface area contributed by atoms with Crippen LogP contribution in [0.15, 0.2) is 17.3 Å². The fraction of sp³-hybridized carbons (Fsp3) is 0.625. The van der Waals surface area contributed by atoms with E-state index < -0.39 is 0 Å². The third-order valence-electron chi connectivity index (χ3n) is 4.56. The summed E-state index contributed by atoms with van der Waals surface area (Å²) >= 11 is 0. The molecule has 2 atom stereocenters. The van der Waals surface area contributed by atoms with Gasteiger partial charge in [0.1, 0.15) is 5.52 Å². The number of aromatic amines is 2. The van der Waals surface area contributed by atoms with Crippen molar-refractivity contribution in [3.8, 4) is 0 Å². The second-order valence-corrected chi connectivity index (χ2v) is 6.83. The first kappa shape index (κ1) is 14.3. The van der Waals surface area contributed by atoms with E-state index in [0.717, 1.165) is 48.5 Å². The van der Waals surface area contributed by atoms with Gasteiger partial charge in [-0.2, -0.15) is 0 Å². The van der Waals surface area contributed by atoms with Gasteiger partial charge in [-0.1, -0.05) is 20.8 Å². The highest BCUT2D eigenvalue weighted by atomic mass is 16.1. The number of likely N-dealkylation sites (tertiary alicyclic amines) is 1. The van der Waals surface area contributed by atoms with E-state index in [9.17, 15) is 4.79 Å². The van der Waals surface area contributed by atoms with Crippen molar-refractivity contribution < 1.29 is 0 Å². The fourth-order valence-electron chi connectivity index (χ4n) is 3.55. The van der Waals surface area contributed by atoms with E-state index >= 15 is 0 Å². The van der Waals surface area contributed by atoms with Crippen molar-refractivity contribution in [3.63, 3.8) is 0 Å². The Morgan fingerprint density at radius 3 is 2.95 bits per heavy atom. The van der Waals surface area contributed by atoms with Gasteiger partial charge in [-0.05, 0) is 24.2 Å². The summed E-state index contributed by atoms with van der Waals surface area (Å²) in [5, 5.41) is 0. The van der Waals surface area contributed by atoms with Crippen LogP contribution in [0.4, 0.5) is 0 Å². The molecule has 2 N–H and O–H groups in total. The van der Waals surface area contributed by atoms with E-state index in [4.69, 9.17) is 0 Å². The minimum atomic E-state index is -0.0984. The van der Waals surface area contributed by atoms with Crippen LogP contribution in [0, 0.1) is 17.8 Å². The van der Waals surface area contributed by atoms with Gasteiger partial charge in [0.05, 0.1) is 11.8 Å². The Hall–Kier alpha value is -1.62. The molecule has 3 heterocycles. The lowest BCUT2D eigenvalue weighted by atomic mass is 9.89. The van der Waals surface area contributed by atoms with Crippen LogP contribution in [0.1, 0.15) is 32.8 Å². The van der Waals surface area contributed by atoms with Gasteiger partial charge in [-0.25, -0.2) is 4.98 Å². The van der Waals surface area contributed by atoms with Crippen LogP contribution in [-0.2, 0) is 6.54 Å². The van der Waals surface area contributed by atoms with Gasteiger partial charge in [0, 0.05) is 31.4 Å². The molecule has 0 spiro atoms. The van der Waals surface area contributed by atoms with Crippen molar-refractivity contribution in [2.75, 3.05) is 13.1 Å². The van der Waals surface area contributed by atoms with Gasteiger partial charge in [0.15, 0.2) is 0 Å². The van der Waals surface area contributed by atoms with Crippen molar-refractivity contribution in [1.82, 2.24) is 19.9 Å². The van der Waals surface area contributed by atoms with Crippen LogP contribution >= 0.6 is 0 Å². The smallest absolute Gasteiger partial charge is 0.275 e. The summed E-state index contributed by atoms with van der Waals surface area (Å²) in [6, 6.07) is 0. The van der Waals surface area contributed by atoms with Crippen LogP contribution in [0.25, 0.3) is 11.0 Å². The summed E-state index contributed by atoms with van der Waals surface area (Å²) in [7, 11) is 0. The molecule has 0 aromatic carbocycles. The topological polar surface area (TPSA) is 64.8 Å². The van der Waals surface area contributed by atoms with Crippen LogP contribution in [0.2, 0.25) is 0 Å². The standard InChI is InChI=1S/C16H24N4O/c1-10(2)4-12-7-20(6-11(12)3)8-13-5-17-15-14(13)18-9-19-16(15)21/h5,9-12,17H,4,6-8H2,1-3H3,(H,18,19,21)/t11-,12+/m1/s1. The summed E-state index contributed by atoms with van der Waals surface area (Å²) in [5.41, 5.74) is 2.41. The second kappa shape index (κ2) is 5.64. The Labute approximate surface area is 124 Å². The summed E-state index contributed by atoms with van der Waals surface area (Å²) in [5.74, 6) is 2.28. The molecule has 21 heavy (non-hydrogen) atoms. The van der Waals surface area contributed by atoms with Crippen molar-refractivity contribution >= 4 is 11.0 Å². The summed E-state index contributed by atoms with van der Waals surface area (Å²) < 4.78 is 0. The molecular formula is C16H24N4O. The molecule has 1 saturated heterocycles. The zero-order chi connectivity index (χ0) is 15.0. The Kier molecular flexibility index (Phi) is 3.85. The van der Waals surface area contributed by atoms with Gasteiger partial charge in [0.2, 0.25) is 0 Å². The first-order chi connectivity index (χ1) is 10.0. The maximum Gasteiger partial charge on any atom is 0.275 e. The molecule has 0 saturated carbocycles. The SMILES string of the molecule is CC(C)C[C@H]1CN(Cc2c[nH]c3c(=O)[nH]cnc23)C[C@H]1C. The Bertz CT molecular complexity index is 672. The maximum atomic E-state index is 11.7. The predicted octanol–water partition coefficient (Wildman–Crippen LogP) is 2.37. The quantitative estimate of drug-likeness (QED) is 0.907. The maximum absolute atomic E-state index is 11.7. The highest BCUT2D eigenvalue weighted by molar-refractivity contribution is 5.77. The monoisotopic (exact) mass is 288 g/mol. The molecular weight excluding hydrogens is 264 g/mol. The van der Waals surface area contributed by atoms with Crippen molar-refractivity contribution in [2.45, 2.75) is 33.7 Å². The lowest BCUT2D eigenvalue weighted by Crippen LogP contribution is -2.20. The largest absolute Gasteiger partial charge is 0.355 e. The lowest BCUT2D eigenvalue weighted by molar-refractivity contribution is 0.306. The van der Waals surface area contributed by atoms with Crippen molar-refractivity contribution in [3.05, 3.63) is 28.4 Å². The zero-order valence-electron chi connectivity index (χ0n) is 13.0. The minimum Gasteiger partial charge on any atom is -0.355 e. The van der Waals surface area contributed by atoms with Crippen LogP contribution < -0.4 is 5.56 Å². The zero-order valence-corrected chi connectivity index (χ0v) is 13.0. The van der Waals surface area contributed by atoms with E-state index in [1.807, 2.05) is 6.20 Å². The van der Waals surface area contributed by atoms with Crippen LogP contribution in [-0.4, -0.2) is 32.9 Å². The van der Waals surface area contributed by atoms with Crippen LogP contribution in [0.5, 0.6) is 0 Å². The van der Waals surface area contributed by atoms with Gasteiger partial charge >= 0.3 is 0 Å². The van der Waals surface area contributed by atoms with Crippen molar-refractivity contribution in [2.24, 2.45) is 17.8 Å². The van der Waals surface area contributed by atoms with E-state index in [1.54, 1.807) is 0 Å². The average molecular weight is 288 g/mol. The van der Waals surface area contributed by atoms with E-state index in [2.05, 4.69) is 40.6 Å². The number of hydrogen-bond donors (Lipinski definition) is 2. The summed E-state index contributed by atoms with van der Waals surface area (Å²) in [6.07, 6.45) is 4.70. The van der Waals surface area contributed by atoms with E-state index in [1.165, 1.54) is 12.7 Å².